The number of aromatic nitrogens is 3. The van der Waals surface area contributed by atoms with Crippen molar-refractivity contribution in [3.63, 3.8) is 0 Å². The number of nitrogens with zero attached hydrogens (tertiary/aromatic N) is 3. The molecule has 4 aromatic rings. The minimum Gasteiger partial charge on any atom is -0.325 e. The summed E-state index contributed by atoms with van der Waals surface area (Å²) in [4.78, 5) is 13.4. The fourth-order valence-electron chi connectivity index (χ4n) is 3.70. The highest BCUT2D eigenvalue weighted by molar-refractivity contribution is 8.00. The van der Waals surface area contributed by atoms with Gasteiger partial charge in [0.2, 0.25) is 5.91 Å². The van der Waals surface area contributed by atoms with Gasteiger partial charge in [-0.05, 0) is 49.6 Å². The Morgan fingerprint density at radius 3 is 2.39 bits per heavy atom. The smallest absolute Gasteiger partial charge is 0.242 e. The van der Waals surface area contributed by atoms with Gasteiger partial charge in [0.15, 0.2) is 11.0 Å². The zero-order valence-corrected chi connectivity index (χ0v) is 18.9. The molecule has 1 heterocycles. The first-order valence-electron chi connectivity index (χ1n) is 10.9. The summed E-state index contributed by atoms with van der Waals surface area (Å²) >= 11 is 1.34. The van der Waals surface area contributed by atoms with Gasteiger partial charge in [0.05, 0.1) is 5.56 Å². The Labute approximate surface area is 196 Å². The Morgan fingerprint density at radius 2 is 1.70 bits per heavy atom. The van der Waals surface area contributed by atoms with Crippen molar-refractivity contribution < 1.29 is 9.18 Å². The Bertz CT molecular complexity index is 1270. The van der Waals surface area contributed by atoms with E-state index in [9.17, 15) is 9.18 Å². The molecule has 1 N–H and O–H groups in total. The molecule has 1 atom stereocenters. The first-order valence-corrected chi connectivity index (χ1v) is 11.8. The van der Waals surface area contributed by atoms with Crippen molar-refractivity contribution >= 4 is 23.4 Å². The van der Waals surface area contributed by atoms with E-state index in [1.807, 2.05) is 66.1 Å². The second kappa shape index (κ2) is 9.19. The van der Waals surface area contributed by atoms with Crippen molar-refractivity contribution in [2.45, 2.75) is 36.2 Å². The van der Waals surface area contributed by atoms with Crippen molar-refractivity contribution in [1.82, 2.24) is 14.8 Å². The Balaban J connectivity index is 1.49. The van der Waals surface area contributed by atoms with E-state index in [0.717, 1.165) is 29.7 Å². The number of benzene rings is 3. The number of hydrogen-bond acceptors (Lipinski definition) is 4. The molecule has 166 valence electrons. The molecule has 1 fully saturated rings. The maximum atomic E-state index is 14.5. The van der Waals surface area contributed by atoms with Gasteiger partial charge in [0.1, 0.15) is 11.1 Å². The van der Waals surface area contributed by atoms with E-state index in [4.69, 9.17) is 0 Å². The Morgan fingerprint density at radius 1 is 1.00 bits per heavy atom. The molecule has 5 rings (SSSR count). The monoisotopic (exact) mass is 458 g/mol. The third kappa shape index (κ3) is 4.68. The summed E-state index contributed by atoms with van der Waals surface area (Å²) in [5.74, 6) is 0.0248. The summed E-state index contributed by atoms with van der Waals surface area (Å²) in [6, 6.07) is 24.1. The summed E-state index contributed by atoms with van der Waals surface area (Å²) in [7, 11) is 0. The number of nitrogens with one attached hydrogen (secondary N) is 1. The number of rotatable bonds is 7. The molecule has 0 aliphatic heterocycles. The summed E-state index contributed by atoms with van der Waals surface area (Å²) in [6.07, 6.45) is 1.97. The maximum absolute atomic E-state index is 14.5. The number of anilines is 1. The van der Waals surface area contributed by atoms with Gasteiger partial charge in [-0.3, -0.25) is 9.36 Å². The van der Waals surface area contributed by atoms with Crippen LogP contribution in [0.4, 0.5) is 10.1 Å². The van der Waals surface area contributed by atoms with Crippen molar-refractivity contribution in [3.05, 3.63) is 95.8 Å². The SMILES string of the molecule is Cc1ccc(NC(=O)C(Sc2nnc(-c3ccccc3F)n2C2CC2)c2ccccc2)cc1. The number of aryl methyl sites for hydroxylation is 1. The summed E-state index contributed by atoms with van der Waals surface area (Å²) in [5.41, 5.74) is 3.15. The van der Waals surface area contributed by atoms with Crippen molar-refractivity contribution in [1.29, 1.82) is 0 Å². The molecule has 0 radical (unpaired) electrons. The molecule has 3 aromatic carbocycles. The molecule has 1 aromatic heterocycles. The molecule has 0 bridgehead atoms. The van der Waals surface area contributed by atoms with E-state index in [1.165, 1.54) is 17.8 Å². The standard InChI is InChI=1S/C26H23FN4OS/c1-17-11-13-19(14-12-17)28-25(32)23(18-7-3-2-4-8-18)33-26-30-29-24(31(26)20-15-16-20)21-9-5-6-10-22(21)27/h2-14,20,23H,15-16H2,1H3,(H,28,32). The minimum absolute atomic E-state index is 0.146. The van der Waals surface area contributed by atoms with Gasteiger partial charge in [-0.2, -0.15) is 0 Å². The molecular formula is C26H23FN4OS. The van der Waals surface area contributed by atoms with Crippen LogP contribution in [0.2, 0.25) is 0 Å². The van der Waals surface area contributed by atoms with Gasteiger partial charge in [0.25, 0.3) is 0 Å². The van der Waals surface area contributed by atoms with E-state index in [1.54, 1.807) is 18.2 Å². The van der Waals surface area contributed by atoms with Crippen LogP contribution >= 0.6 is 11.8 Å². The normalized spacial score (nSPS) is 14.1. The largest absolute Gasteiger partial charge is 0.325 e. The van der Waals surface area contributed by atoms with E-state index < -0.39 is 5.25 Å². The van der Waals surface area contributed by atoms with E-state index in [0.29, 0.717) is 16.5 Å². The van der Waals surface area contributed by atoms with Gasteiger partial charge >= 0.3 is 0 Å². The highest BCUT2D eigenvalue weighted by Gasteiger charge is 2.33. The highest BCUT2D eigenvalue weighted by Crippen LogP contribution is 2.44. The summed E-state index contributed by atoms with van der Waals surface area (Å²) in [6.45, 7) is 2.01. The van der Waals surface area contributed by atoms with E-state index >= 15 is 0 Å². The van der Waals surface area contributed by atoms with Gasteiger partial charge in [-0.15, -0.1) is 10.2 Å². The zero-order chi connectivity index (χ0) is 22.8. The van der Waals surface area contributed by atoms with Crippen molar-refractivity contribution in [2.75, 3.05) is 5.32 Å². The third-order valence-electron chi connectivity index (χ3n) is 5.57. The second-order valence-electron chi connectivity index (χ2n) is 8.15. The fourth-order valence-corrected chi connectivity index (χ4v) is 4.80. The van der Waals surface area contributed by atoms with Crippen LogP contribution in [-0.2, 0) is 4.79 Å². The predicted octanol–water partition coefficient (Wildman–Crippen LogP) is 6.20. The lowest BCUT2D eigenvalue weighted by Gasteiger charge is -2.18. The molecular weight excluding hydrogens is 435 g/mol. The Hall–Kier alpha value is -3.45. The van der Waals surface area contributed by atoms with Gasteiger partial charge in [0, 0.05) is 11.7 Å². The lowest BCUT2D eigenvalue weighted by atomic mass is 10.1. The molecule has 0 spiro atoms. The maximum Gasteiger partial charge on any atom is 0.242 e. The number of thioether (sulfide) groups is 1. The highest BCUT2D eigenvalue weighted by atomic mass is 32.2. The van der Waals surface area contributed by atoms with Gasteiger partial charge < -0.3 is 5.32 Å². The second-order valence-corrected chi connectivity index (χ2v) is 9.22. The first-order chi connectivity index (χ1) is 16.1. The van der Waals surface area contributed by atoms with Crippen LogP contribution in [0.3, 0.4) is 0 Å². The number of halogens is 1. The average molecular weight is 459 g/mol. The van der Waals surface area contributed by atoms with Crippen molar-refractivity contribution in [3.8, 4) is 11.4 Å². The first kappa shape index (κ1) is 21.4. The van der Waals surface area contributed by atoms with Crippen molar-refractivity contribution in [2.24, 2.45) is 0 Å². The molecule has 7 heteroatoms. The van der Waals surface area contributed by atoms with E-state index in [-0.39, 0.29) is 17.8 Å². The van der Waals surface area contributed by atoms with Gasteiger partial charge in [-0.1, -0.05) is 71.9 Å². The minimum atomic E-state index is -0.539. The van der Waals surface area contributed by atoms with Crippen LogP contribution in [0.5, 0.6) is 0 Å². The predicted molar refractivity (Wildman–Crippen MR) is 129 cm³/mol. The molecule has 1 saturated carbocycles. The van der Waals surface area contributed by atoms with Crippen LogP contribution < -0.4 is 5.32 Å². The number of carbonyl (C=O) groups excluding carboxylic acids is 1. The Kier molecular flexibility index (Phi) is 5.96. The summed E-state index contributed by atoms with van der Waals surface area (Å²) < 4.78 is 16.5. The molecule has 1 unspecified atom stereocenters. The molecule has 5 nitrogen and oxygen atoms in total. The quantitative estimate of drug-likeness (QED) is 0.335. The van der Waals surface area contributed by atoms with Crippen LogP contribution in [0.15, 0.2) is 84.0 Å². The van der Waals surface area contributed by atoms with Crippen LogP contribution in [0.25, 0.3) is 11.4 Å². The van der Waals surface area contributed by atoms with Gasteiger partial charge in [-0.25, -0.2) is 4.39 Å². The number of hydrogen-bond donors (Lipinski definition) is 1. The summed E-state index contributed by atoms with van der Waals surface area (Å²) in [5, 5.41) is 11.8. The number of amides is 1. The molecule has 0 saturated heterocycles. The molecule has 33 heavy (non-hydrogen) atoms. The van der Waals surface area contributed by atoms with Crippen LogP contribution in [-0.4, -0.2) is 20.7 Å². The molecule has 1 amide bonds. The third-order valence-corrected chi connectivity index (χ3v) is 6.79. The lowest BCUT2D eigenvalue weighted by Crippen LogP contribution is -2.19. The van der Waals surface area contributed by atoms with Crippen LogP contribution in [0, 0.1) is 12.7 Å². The zero-order valence-electron chi connectivity index (χ0n) is 18.1. The molecule has 1 aliphatic rings. The lowest BCUT2D eigenvalue weighted by molar-refractivity contribution is -0.115. The topological polar surface area (TPSA) is 59.8 Å². The van der Waals surface area contributed by atoms with E-state index in [2.05, 4.69) is 15.5 Å². The number of carbonyl (C=O) groups is 1. The van der Waals surface area contributed by atoms with Crippen LogP contribution in [0.1, 0.15) is 35.3 Å². The molecule has 1 aliphatic carbocycles. The average Bonchev–Trinajstić information content (AvgIpc) is 3.59. The fraction of sp³-hybridized carbons (Fsp3) is 0.192.